The van der Waals surface area contributed by atoms with E-state index in [9.17, 15) is 4.79 Å². The number of benzene rings is 1. The number of ether oxygens (including phenoxy) is 1. The molecule has 0 bridgehead atoms. The lowest BCUT2D eigenvalue weighted by Crippen LogP contribution is -2.06. The third-order valence-electron chi connectivity index (χ3n) is 1.93. The molecule has 0 saturated heterocycles. The summed E-state index contributed by atoms with van der Waals surface area (Å²) >= 11 is 1.41. The van der Waals surface area contributed by atoms with Crippen LogP contribution in [-0.4, -0.2) is 18.3 Å². The summed E-state index contributed by atoms with van der Waals surface area (Å²) in [7, 11) is 0. The second kappa shape index (κ2) is 5.66. The normalized spacial score (nSPS) is 10.0. The summed E-state index contributed by atoms with van der Waals surface area (Å²) in [6.45, 7) is 4.16. The molecule has 0 heterocycles. The largest absolute Gasteiger partial charge is 0.465 e. The van der Waals surface area contributed by atoms with Gasteiger partial charge in [-0.3, -0.25) is 4.79 Å². The Bertz CT molecular complexity index is 352. The molecule has 0 atom stereocenters. The van der Waals surface area contributed by atoms with E-state index in [4.69, 9.17) is 10.5 Å². The summed E-state index contributed by atoms with van der Waals surface area (Å²) in [6, 6.07) is 5.79. The highest BCUT2D eigenvalue weighted by molar-refractivity contribution is 8.00. The zero-order valence-corrected chi connectivity index (χ0v) is 9.76. The number of rotatable bonds is 4. The lowest BCUT2D eigenvalue weighted by atomic mass is 10.2. The van der Waals surface area contributed by atoms with Crippen molar-refractivity contribution >= 4 is 23.4 Å². The van der Waals surface area contributed by atoms with Crippen molar-refractivity contribution in [2.24, 2.45) is 0 Å². The van der Waals surface area contributed by atoms with E-state index in [0.717, 1.165) is 16.1 Å². The van der Waals surface area contributed by atoms with Gasteiger partial charge in [-0.25, -0.2) is 0 Å². The zero-order chi connectivity index (χ0) is 11.3. The quantitative estimate of drug-likeness (QED) is 0.485. The number of carbonyl (C=O) groups excluding carboxylic acids is 1. The Labute approximate surface area is 94.0 Å². The summed E-state index contributed by atoms with van der Waals surface area (Å²) in [4.78, 5) is 12.1. The second-order valence-electron chi connectivity index (χ2n) is 3.08. The van der Waals surface area contributed by atoms with Crippen molar-refractivity contribution in [1.82, 2.24) is 0 Å². The van der Waals surface area contributed by atoms with Gasteiger partial charge in [-0.05, 0) is 25.5 Å². The van der Waals surface area contributed by atoms with E-state index < -0.39 is 0 Å². The van der Waals surface area contributed by atoms with Crippen LogP contribution in [0.15, 0.2) is 23.1 Å². The average Bonchev–Trinajstić information content (AvgIpc) is 2.21. The Morgan fingerprint density at radius 3 is 2.93 bits per heavy atom. The molecule has 0 amide bonds. The molecular formula is C11H15NO2S. The molecule has 0 aliphatic heterocycles. The third-order valence-corrected chi connectivity index (χ3v) is 2.98. The van der Waals surface area contributed by atoms with Gasteiger partial charge < -0.3 is 10.5 Å². The van der Waals surface area contributed by atoms with E-state index in [1.807, 2.05) is 25.1 Å². The first-order chi connectivity index (χ1) is 7.15. The van der Waals surface area contributed by atoms with Crippen molar-refractivity contribution in [1.29, 1.82) is 0 Å². The standard InChI is InChI=1S/C11H15NO2S/c1-3-14-10(13)7-15-9-6-4-5-8(2)11(9)12/h4-6H,3,7,12H2,1-2H3. The highest BCUT2D eigenvalue weighted by Crippen LogP contribution is 2.27. The van der Waals surface area contributed by atoms with Gasteiger partial charge in [0.2, 0.25) is 0 Å². The maximum atomic E-state index is 11.1. The lowest BCUT2D eigenvalue weighted by Gasteiger charge is -2.07. The van der Waals surface area contributed by atoms with Crippen LogP contribution in [0.2, 0.25) is 0 Å². The molecule has 0 fully saturated rings. The number of esters is 1. The van der Waals surface area contributed by atoms with Crippen molar-refractivity contribution in [3.63, 3.8) is 0 Å². The van der Waals surface area contributed by atoms with Crippen molar-refractivity contribution < 1.29 is 9.53 Å². The minimum atomic E-state index is -0.205. The average molecular weight is 225 g/mol. The molecule has 1 aromatic rings. The van der Waals surface area contributed by atoms with E-state index in [-0.39, 0.29) is 5.97 Å². The van der Waals surface area contributed by atoms with Crippen molar-refractivity contribution in [2.45, 2.75) is 18.7 Å². The van der Waals surface area contributed by atoms with Crippen LogP contribution in [0.1, 0.15) is 12.5 Å². The number of nitrogen functional groups attached to an aromatic ring is 1. The van der Waals surface area contributed by atoms with Gasteiger partial charge in [0, 0.05) is 10.6 Å². The zero-order valence-electron chi connectivity index (χ0n) is 8.95. The van der Waals surface area contributed by atoms with Gasteiger partial charge in [-0.2, -0.15) is 0 Å². The van der Waals surface area contributed by atoms with Crippen LogP contribution in [0.4, 0.5) is 5.69 Å². The van der Waals surface area contributed by atoms with Crippen LogP contribution >= 0.6 is 11.8 Å². The fourth-order valence-electron chi connectivity index (χ4n) is 1.12. The summed E-state index contributed by atoms with van der Waals surface area (Å²) in [5.74, 6) is 0.102. The fraction of sp³-hybridized carbons (Fsp3) is 0.364. The number of hydrogen-bond acceptors (Lipinski definition) is 4. The minimum absolute atomic E-state index is 0.205. The van der Waals surface area contributed by atoms with Crippen LogP contribution < -0.4 is 5.73 Å². The molecule has 0 aromatic heterocycles. The molecule has 0 unspecified atom stereocenters. The molecule has 0 spiro atoms. The van der Waals surface area contributed by atoms with Crippen molar-refractivity contribution in [2.75, 3.05) is 18.1 Å². The second-order valence-corrected chi connectivity index (χ2v) is 4.10. The first kappa shape index (κ1) is 11.9. The highest BCUT2D eigenvalue weighted by Gasteiger charge is 2.06. The van der Waals surface area contributed by atoms with Gasteiger partial charge in [-0.1, -0.05) is 12.1 Å². The minimum Gasteiger partial charge on any atom is -0.465 e. The van der Waals surface area contributed by atoms with Gasteiger partial charge in [0.1, 0.15) is 0 Å². The van der Waals surface area contributed by atoms with Crippen molar-refractivity contribution in [3.8, 4) is 0 Å². The molecule has 2 N–H and O–H groups in total. The highest BCUT2D eigenvalue weighted by atomic mass is 32.2. The van der Waals surface area contributed by atoms with Gasteiger partial charge >= 0.3 is 5.97 Å². The van der Waals surface area contributed by atoms with Crippen LogP contribution in [0.5, 0.6) is 0 Å². The third kappa shape index (κ3) is 3.47. The number of anilines is 1. The number of hydrogen-bond donors (Lipinski definition) is 1. The fourth-order valence-corrected chi connectivity index (χ4v) is 1.97. The Kier molecular flexibility index (Phi) is 4.49. The maximum Gasteiger partial charge on any atom is 0.316 e. The first-order valence-corrected chi connectivity index (χ1v) is 5.77. The summed E-state index contributed by atoms with van der Waals surface area (Å²) < 4.78 is 4.83. The number of nitrogens with two attached hydrogens (primary N) is 1. The SMILES string of the molecule is CCOC(=O)CSc1cccc(C)c1N. The van der Waals surface area contributed by atoms with Crippen molar-refractivity contribution in [3.05, 3.63) is 23.8 Å². The lowest BCUT2D eigenvalue weighted by molar-refractivity contribution is -0.139. The molecule has 4 heteroatoms. The summed E-state index contributed by atoms with van der Waals surface area (Å²) in [5, 5.41) is 0. The molecule has 0 saturated carbocycles. The Hall–Kier alpha value is -1.16. The maximum absolute atomic E-state index is 11.1. The molecular weight excluding hydrogens is 210 g/mol. The van der Waals surface area contributed by atoms with Gasteiger partial charge in [0.15, 0.2) is 0 Å². The number of aryl methyl sites for hydroxylation is 1. The Morgan fingerprint density at radius 1 is 1.53 bits per heavy atom. The van der Waals surface area contributed by atoms with E-state index in [0.29, 0.717) is 12.4 Å². The van der Waals surface area contributed by atoms with Gasteiger partial charge in [-0.15, -0.1) is 11.8 Å². The van der Waals surface area contributed by atoms with E-state index >= 15 is 0 Å². The summed E-state index contributed by atoms with van der Waals surface area (Å²) in [5.41, 5.74) is 7.64. The smallest absolute Gasteiger partial charge is 0.316 e. The topological polar surface area (TPSA) is 52.3 Å². The molecule has 3 nitrogen and oxygen atoms in total. The van der Waals surface area contributed by atoms with Gasteiger partial charge in [0.25, 0.3) is 0 Å². The number of thioether (sulfide) groups is 1. The van der Waals surface area contributed by atoms with Crippen LogP contribution in [0, 0.1) is 6.92 Å². The monoisotopic (exact) mass is 225 g/mol. The van der Waals surface area contributed by atoms with Gasteiger partial charge in [0.05, 0.1) is 12.4 Å². The van der Waals surface area contributed by atoms with Crippen LogP contribution in [-0.2, 0) is 9.53 Å². The molecule has 82 valence electrons. The molecule has 0 aliphatic rings. The first-order valence-electron chi connectivity index (χ1n) is 4.78. The van der Waals surface area contributed by atoms with E-state index in [1.165, 1.54) is 11.8 Å². The molecule has 0 radical (unpaired) electrons. The predicted octanol–water partition coefficient (Wildman–Crippen LogP) is 2.23. The predicted molar refractivity (Wildman–Crippen MR) is 62.9 cm³/mol. The number of para-hydroxylation sites is 1. The molecule has 0 aliphatic carbocycles. The Balaban J connectivity index is 2.58. The molecule has 1 rings (SSSR count). The van der Waals surface area contributed by atoms with E-state index in [1.54, 1.807) is 6.92 Å². The van der Waals surface area contributed by atoms with E-state index in [2.05, 4.69) is 0 Å². The Morgan fingerprint density at radius 2 is 2.27 bits per heavy atom. The molecule has 15 heavy (non-hydrogen) atoms. The number of carbonyl (C=O) groups is 1. The molecule has 1 aromatic carbocycles. The van der Waals surface area contributed by atoms with Crippen LogP contribution in [0.3, 0.4) is 0 Å². The van der Waals surface area contributed by atoms with Crippen LogP contribution in [0.25, 0.3) is 0 Å². The summed E-state index contributed by atoms with van der Waals surface area (Å²) in [6.07, 6.45) is 0.